The molecule has 3 aromatic rings. The molecule has 8 rings (SSSR count). The molecular formula is C59H65N3O18. The fraction of sp³-hybridized carbons (Fsp3) is 0.458. The number of amides is 4. The normalized spacial score (nSPS) is 28.2. The van der Waals surface area contributed by atoms with Gasteiger partial charge in [-0.15, -0.1) is 0 Å². The van der Waals surface area contributed by atoms with E-state index in [-0.39, 0.29) is 72.4 Å². The zero-order chi connectivity index (χ0) is 58.1. The minimum Gasteiger partial charge on any atom is -0.455 e. The largest absolute Gasteiger partial charge is 0.455 e. The summed E-state index contributed by atoms with van der Waals surface area (Å²) in [6.45, 7) is 9.06. The molecule has 5 aliphatic rings. The van der Waals surface area contributed by atoms with Gasteiger partial charge in [0.05, 0.1) is 29.6 Å². The quantitative estimate of drug-likeness (QED) is 0.0608. The van der Waals surface area contributed by atoms with Crippen molar-refractivity contribution in [3.8, 4) is 0 Å². The number of esters is 5. The van der Waals surface area contributed by atoms with E-state index in [0.717, 1.165) is 18.7 Å². The van der Waals surface area contributed by atoms with Crippen molar-refractivity contribution in [1.29, 1.82) is 0 Å². The van der Waals surface area contributed by atoms with Crippen LogP contribution in [0.25, 0.3) is 0 Å². The Morgan fingerprint density at radius 3 is 2.01 bits per heavy atom. The molecule has 2 bridgehead atoms. The number of aliphatic hydroxyl groups excluding tert-OH is 1. The number of hydrogen-bond acceptors (Lipinski definition) is 18. The van der Waals surface area contributed by atoms with Crippen molar-refractivity contribution < 1.29 is 86.6 Å². The van der Waals surface area contributed by atoms with Crippen molar-refractivity contribution in [1.82, 2.24) is 15.5 Å². The topological polar surface area (TPSA) is 294 Å². The zero-order valence-corrected chi connectivity index (χ0v) is 45.4. The summed E-state index contributed by atoms with van der Waals surface area (Å²) < 4.78 is 36.9. The van der Waals surface area contributed by atoms with Gasteiger partial charge in [-0.05, 0) is 68.2 Å². The van der Waals surface area contributed by atoms with E-state index in [2.05, 4.69) is 10.6 Å². The zero-order valence-electron chi connectivity index (χ0n) is 45.4. The summed E-state index contributed by atoms with van der Waals surface area (Å²) in [5.41, 5.74) is -7.57. The van der Waals surface area contributed by atoms with Gasteiger partial charge < -0.3 is 49.3 Å². The summed E-state index contributed by atoms with van der Waals surface area (Å²) in [5.74, 6) is -9.82. The van der Waals surface area contributed by atoms with Crippen molar-refractivity contribution >= 4 is 59.3 Å². The van der Waals surface area contributed by atoms with Crippen LogP contribution in [0, 0.1) is 16.7 Å². The molecule has 2 saturated carbocycles. The maximum Gasteiger partial charge on any atom is 0.350 e. The third-order valence-corrected chi connectivity index (χ3v) is 16.3. The number of rotatable bonds is 18. The molecule has 1 saturated heterocycles. The highest BCUT2D eigenvalue weighted by Crippen LogP contribution is 2.64. The van der Waals surface area contributed by atoms with Gasteiger partial charge >= 0.3 is 29.8 Å². The standard InChI is InChI=1S/C59H65N3O18/c1-32-28-43(67)62(53(32)71)27-26-60-42(66)24-17-25-44(68)78-48(46(36-18-11-8-12-19-36)61-52(70)37-20-13-9-14-21-37)55(73)77-39-30-59(74)51(79-54(72)38-22-15-10-16-23-38)49-57(7,40(65)29-41-58(49,31-75-41)80-35(4)64)50(69)47(76-34(3)63)45(33(39)2)56(59,5)6/h8-16,18-23,28,39-41,46-49,51,65,74H,17,24-27,29-31H2,1-7H3,(H,60,66)(H,61,70)/t39-,40-,41+,46?,47+,48+,49-,51-,57+,58-,59+/m0/s1. The minimum absolute atomic E-state index is 0.0161. The van der Waals surface area contributed by atoms with E-state index in [4.69, 9.17) is 28.4 Å². The molecular weight excluding hydrogens is 1040 g/mol. The Balaban J connectivity index is 1.19. The summed E-state index contributed by atoms with van der Waals surface area (Å²) in [6, 6.07) is 22.2. The molecule has 424 valence electrons. The first kappa shape index (κ1) is 58.3. The van der Waals surface area contributed by atoms with Gasteiger partial charge in [-0.2, -0.15) is 0 Å². The summed E-state index contributed by atoms with van der Waals surface area (Å²) >= 11 is 0. The van der Waals surface area contributed by atoms with Crippen LogP contribution >= 0.6 is 0 Å². The van der Waals surface area contributed by atoms with Crippen molar-refractivity contribution in [3.05, 3.63) is 130 Å². The number of hydrogen-bond donors (Lipinski definition) is 4. The molecule has 3 aliphatic carbocycles. The fourth-order valence-corrected chi connectivity index (χ4v) is 12.1. The average molecular weight is 1100 g/mol. The highest BCUT2D eigenvalue weighted by molar-refractivity contribution is 6.15. The van der Waals surface area contributed by atoms with Crippen molar-refractivity contribution in [2.75, 3.05) is 19.7 Å². The Hall–Kier alpha value is -7.88. The van der Waals surface area contributed by atoms with Gasteiger partial charge in [0.2, 0.25) is 12.0 Å². The number of nitrogens with one attached hydrogen (secondary N) is 2. The van der Waals surface area contributed by atoms with Gasteiger partial charge in [0, 0.05) is 75.2 Å². The van der Waals surface area contributed by atoms with E-state index in [1.54, 1.807) is 66.7 Å². The Labute approximate surface area is 461 Å². The minimum atomic E-state index is -2.52. The maximum absolute atomic E-state index is 15.8. The lowest BCUT2D eigenvalue weighted by molar-refractivity contribution is -0.346. The van der Waals surface area contributed by atoms with Gasteiger partial charge in [-0.1, -0.05) is 80.6 Å². The molecule has 1 unspecified atom stereocenters. The number of nitrogens with zero attached hydrogens (tertiary/aromatic N) is 1. The first-order valence-corrected chi connectivity index (χ1v) is 26.4. The Kier molecular flexibility index (Phi) is 16.8. The van der Waals surface area contributed by atoms with Crippen LogP contribution < -0.4 is 10.6 Å². The van der Waals surface area contributed by atoms with Crippen LogP contribution in [-0.2, 0) is 66.8 Å². The number of fused-ring (bicyclic) bond motifs is 5. The number of ether oxygens (including phenoxy) is 6. The Bertz CT molecular complexity index is 3030. The second-order valence-corrected chi connectivity index (χ2v) is 21.6. The molecule has 0 radical (unpaired) electrons. The second-order valence-electron chi connectivity index (χ2n) is 21.6. The van der Waals surface area contributed by atoms with Crippen LogP contribution in [0.5, 0.6) is 0 Å². The molecule has 21 heteroatoms. The van der Waals surface area contributed by atoms with Crippen LogP contribution in [0.3, 0.4) is 0 Å². The lowest BCUT2D eigenvalue weighted by Crippen LogP contribution is -2.82. The molecule has 2 aliphatic heterocycles. The van der Waals surface area contributed by atoms with E-state index in [1.165, 1.54) is 65.0 Å². The first-order valence-electron chi connectivity index (χ1n) is 26.4. The molecule has 3 aromatic carbocycles. The second kappa shape index (κ2) is 23.1. The highest BCUT2D eigenvalue weighted by Gasteiger charge is 2.78. The van der Waals surface area contributed by atoms with Crippen LogP contribution in [0.1, 0.15) is 113 Å². The predicted octanol–water partition coefficient (Wildman–Crippen LogP) is 3.89. The first-order chi connectivity index (χ1) is 37.8. The molecule has 2 heterocycles. The van der Waals surface area contributed by atoms with Gasteiger partial charge in [0.25, 0.3) is 17.7 Å². The molecule has 4 N–H and O–H groups in total. The number of imide groups is 1. The van der Waals surface area contributed by atoms with E-state index >= 15 is 9.59 Å². The Morgan fingerprint density at radius 2 is 1.44 bits per heavy atom. The molecule has 4 amide bonds. The van der Waals surface area contributed by atoms with E-state index in [9.17, 15) is 48.6 Å². The van der Waals surface area contributed by atoms with Crippen LogP contribution in [-0.4, -0.2) is 142 Å². The van der Waals surface area contributed by atoms with Gasteiger partial charge in [-0.3, -0.25) is 43.3 Å². The number of carbonyl (C=O) groups is 10. The van der Waals surface area contributed by atoms with Gasteiger partial charge in [0.1, 0.15) is 30.0 Å². The number of carbonyl (C=O) groups excluding carboxylic acids is 10. The monoisotopic (exact) mass is 1100 g/mol. The van der Waals surface area contributed by atoms with Crippen molar-refractivity contribution in [2.24, 2.45) is 16.7 Å². The highest BCUT2D eigenvalue weighted by atomic mass is 16.6. The molecule has 3 fully saturated rings. The lowest BCUT2D eigenvalue weighted by atomic mass is 9.44. The number of benzene rings is 3. The smallest absolute Gasteiger partial charge is 0.350 e. The van der Waals surface area contributed by atoms with Crippen LogP contribution in [0.2, 0.25) is 0 Å². The molecule has 0 aromatic heterocycles. The third-order valence-electron chi connectivity index (χ3n) is 16.3. The van der Waals surface area contributed by atoms with Crippen molar-refractivity contribution in [3.63, 3.8) is 0 Å². The fourth-order valence-electron chi connectivity index (χ4n) is 12.1. The predicted molar refractivity (Wildman–Crippen MR) is 279 cm³/mol. The number of ketones is 1. The van der Waals surface area contributed by atoms with Gasteiger partial charge in [-0.25, -0.2) is 9.59 Å². The molecule has 21 nitrogen and oxygen atoms in total. The number of Topliss-reactive ketones (excluding diaryl/α,β-unsaturated/α-hetero) is 1. The summed E-state index contributed by atoms with van der Waals surface area (Å²) in [4.78, 5) is 139. The maximum atomic E-state index is 15.8. The van der Waals surface area contributed by atoms with Crippen molar-refractivity contribution in [2.45, 2.75) is 134 Å². The summed E-state index contributed by atoms with van der Waals surface area (Å²) in [5, 5.41) is 31.7. The SMILES string of the molecule is CC(=O)O[C@H]1C(=O)[C@@]2(C)[C@H]([C@H](OC(=O)c3ccccc3)[C@]3(O)C[C@H](OC(=O)[C@H](OC(=O)CCCC(=O)NCCN4C(=O)C=C(C)C4=O)C(NC(=O)c4ccccc4)c4ccccc4)C(C)=C1C3(C)C)[C@]1(OC(C)=O)CO[C@@H]1C[C@@H]2O. The summed E-state index contributed by atoms with van der Waals surface area (Å²) in [6.07, 6.45) is -10.8. The number of aliphatic hydroxyl groups is 2. The van der Waals surface area contributed by atoms with Crippen LogP contribution in [0.4, 0.5) is 0 Å². The average Bonchev–Trinajstić information content (AvgIpc) is 3.66. The van der Waals surface area contributed by atoms with Crippen LogP contribution in [0.15, 0.2) is 114 Å². The molecule has 11 atom stereocenters. The third kappa shape index (κ3) is 10.9. The Morgan fingerprint density at radius 1 is 0.812 bits per heavy atom. The van der Waals surface area contributed by atoms with E-state index in [1.807, 2.05) is 0 Å². The molecule has 0 spiro atoms. The van der Waals surface area contributed by atoms with Gasteiger partial charge in [0.15, 0.2) is 17.5 Å². The summed E-state index contributed by atoms with van der Waals surface area (Å²) in [7, 11) is 0. The van der Waals surface area contributed by atoms with E-state index < -0.39 is 143 Å². The lowest BCUT2D eigenvalue weighted by Gasteiger charge is -2.67. The molecule has 80 heavy (non-hydrogen) atoms. The van der Waals surface area contributed by atoms with E-state index in [0.29, 0.717) is 0 Å².